The highest BCUT2D eigenvalue weighted by atomic mass is 16.6. The normalized spacial score (nSPS) is 20.1. The number of nitrogens with two attached hydrogens (primary N) is 1. The number of carbonyl (C=O) groups is 16. The van der Waals surface area contributed by atoms with E-state index < -0.39 is 254 Å². The fraction of sp³-hybridized carbons (Fsp3) is 0.795. The van der Waals surface area contributed by atoms with Gasteiger partial charge in [0.05, 0.1) is 18.2 Å². The molecule has 0 spiro atoms. The summed E-state index contributed by atoms with van der Waals surface area (Å²) in [7, 11) is 0. The molecule has 118 heavy (non-hydrogen) atoms. The first-order valence-electron chi connectivity index (χ1n) is 40.9. The van der Waals surface area contributed by atoms with E-state index in [1.165, 1.54) is 6.92 Å². The Bertz CT molecular complexity index is 3270. The zero-order valence-corrected chi connectivity index (χ0v) is 73.0. The van der Waals surface area contributed by atoms with Gasteiger partial charge in [0.1, 0.15) is 88.4 Å². The van der Waals surface area contributed by atoms with E-state index in [0.29, 0.717) is 19.3 Å². The van der Waals surface area contributed by atoms with Crippen LogP contribution < -0.4 is 90.8 Å². The smallest absolute Gasteiger partial charge is 0.407 e. The SMILES string of the molecule is CCCCCCCC[C@H]1NC(=O)[C@H](CCNC(=O)OC(C)(C)C)NC(=O)[C@@H](NC(=O)[C@H](CCNC(=O)OC(C)(C)C)NC(=O)[C@@H](NC(=O)[C@H](CCNC(=O)OC(C)(C)C)NC(=O)[C@@H](N)CCCCCC)[C@@H](C)O)CCNC(=O)[C@H]([C@@H](C)O)NC(=O)[C@H](CCNC(=O)OC(C)(C)C)NC(=O)[C@H](CCNC(=O)OC(C)(C)C)NC(=O)[C@H](C)NC1=O. The van der Waals surface area contributed by atoms with Crippen LogP contribution in [0.4, 0.5) is 24.0 Å². The van der Waals surface area contributed by atoms with Gasteiger partial charge < -0.3 is 125 Å². The van der Waals surface area contributed by atoms with Crippen LogP contribution in [-0.2, 0) is 76.4 Å². The molecule has 20 N–H and O–H groups in total. The van der Waals surface area contributed by atoms with Crippen molar-refractivity contribution in [2.24, 2.45) is 5.73 Å². The Morgan fingerprint density at radius 1 is 0.407 bits per heavy atom. The predicted molar refractivity (Wildman–Crippen MR) is 435 cm³/mol. The molecular weight excluding hydrogens is 1540 g/mol. The fourth-order valence-corrected chi connectivity index (χ4v) is 11.2. The van der Waals surface area contributed by atoms with Crippen LogP contribution in [-0.4, -0.2) is 252 Å². The van der Waals surface area contributed by atoms with E-state index in [1.54, 1.807) is 104 Å². The van der Waals surface area contributed by atoms with Gasteiger partial charge in [0.25, 0.3) is 0 Å². The van der Waals surface area contributed by atoms with Gasteiger partial charge >= 0.3 is 30.5 Å². The van der Waals surface area contributed by atoms with Crippen molar-refractivity contribution in [3.8, 4) is 0 Å². The Labute approximate surface area is 694 Å². The molecule has 40 nitrogen and oxygen atoms in total. The molecule has 13 atom stereocenters. The fourth-order valence-electron chi connectivity index (χ4n) is 11.2. The van der Waals surface area contributed by atoms with Gasteiger partial charge in [-0.2, -0.15) is 0 Å². The van der Waals surface area contributed by atoms with Crippen molar-refractivity contribution in [3.05, 3.63) is 0 Å². The number of unbranched alkanes of at least 4 members (excludes halogenated alkanes) is 8. The van der Waals surface area contributed by atoms with Gasteiger partial charge in [-0.3, -0.25) is 52.7 Å². The summed E-state index contributed by atoms with van der Waals surface area (Å²) >= 11 is 0. The second-order valence-corrected chi connectivity index (χ2v) is 34.3. The van der Waals surface area contributed by atoms with E-state index in [1.807, 2.05) is 13.8 Å². The van der Waals surface area contributed by atoms with Gasteiger partial charge in [-0.1, -0.05) is 78.1 Å². The maximum absolute atomic E-state index is 15.3. The molecule has 1 aliphatic rings. The number of rotatable bonds is 37. The molecule has 1 heterocycles. The summed E-state index contributed by atoms with van der Waals surface area (Å²) < 4.78 is 26.9. The van der Waals surface area contributed by atoms with Gasteiger partial charge in [-0.15, -0.1) is 0 Å². The van der Waals surface area contributed by atoms with E-state index in [-0.39, 0.29) is 38.9 Å². The van der Waals surface area contributed by atoms with E-state index in [4.69, 9.17) is 29.4 Å². The van der Waals surface area contributed by atoms with Crippen molar-refractivity contribution in [2.45, 2.75) is 361 Å². The summed E-state index contributed by atoms with van der Waals surface area (Å²) in [6, 6.07) is -18.5. The summed E-state index contributed by atoms with van der Waals surface area (Å²) in [5, 5.41) is 62.7. The third-order valence-corrected chi connectivity index (χ3v) is 17.1. The van der Waals surface area contributed by atoms with Crippen molar-refractivity contribution >= 4 is 95.4 Å². The first kappa shape index (κ1) is 106. The third kappa shape index (κ3) is 47.7. The monoisotopic (exact) mass is 1680 g/mol. The maximum atomic E-state index is 15.3. The number of amides is 16. The van der Waals surface area contributed by atoms with Gasteiger partial charge in [0.15, 0.2) is 0 Å². The Balaban J connectivity index is 4.47. The number of hydrogen-bond acceptors (Lipinski definition) is 24. The van der Waals surface area contributed by atoms with E-state index in [9.17, 15) is 72.5 Å². The number of aliphatic hydroxyl groups is 2. The second kappa shape index (κ2) is 52.4. The highest BCUT2D eigenvalue weighted by molar-refractivity contribution is 5.99. The molecule has 1 rings (SSSR count). The lowest BCUT2D eigenvalue weighted by Gasteiger charge is -2.29. The Morgan fingerprint density at radius 3 is 1.16 bits per heavy atom. The number of carbonyl (C=O) groups excluding carboxylic acids is 16. The molecule has 0 aromatic heterocycles. The largest absolute Gasteiger partial charge is 0.444 e. The minimum atomic E-state index is -1.97. The molecular formula is C78H141N17O23. The Hall–Kier alpha value is -9.60. The average Bonchev–Trinajstić information content (AvgIpc) is 0.990. The number of ether oxygens (including phenoxy) is 5. The molecule has 40 heteroatoms. The lowest BCUT2D eigenvalue weighted by atomic mass is 10.0. The lowest BCUT2D eigenvalue weighted by molar-refractivity contribution is -0.137. The minimum absolute atomic E-state index is 0.0672. The number of aliphatic hydroxyl groups excluding tert-OH is 2. The highest BCUT2D eigenvalue weighted by Crippen LogP contribution is 2.16. The zero-order valence-electron chi connectivity index (χ0n) is 73.0. The van der Waals surface area contributed by atoms with Gasteiger partial charge in [-0.25, -0.2) is 24.0 Å². The van der Waals surface area contributed by atoms with Crippen LogP contribution in [0.5, 0.6) is 0 Å². The first-order chi connectivity index (χ1) is 54.6. The highest BCUT2D eigenvalue weighted by Gasteiger charge is 2.39. The number of alkyl carbamates (subject to hydrolysis) is 5. The molecule has 1 saturated heterocycles. The molecule has 0 aromatic rings. The second-order valence-electron chi connectivity index (χ2n) is 34.3. The summed E-state index contributed by atoms with van der Waals surface area (Å²) in [6.45, 7) is 28.9. The zero-order chi connectivity index (χ0) is 90.1. The molecule has 0 aliphatic carbocycles. The van der Waals surface area contributed by atoms with Crippen LogP contribution in [0.1, 0.15) is 254 Å². The molecule has 0 unspecified atom stereocenters. The van der Waals surface area contributed by atoms with Gasteiger partial charge in [-0.05, 0) is 176 Å². The molecule has 0 saturated carbocycles. The lowest BCUT2D eigenvalue weighted by Crippen LogP contribution is -2.62. The van der Waals surface area contributed by atoms with Crippen LogP contribution in [0.2, 0.25) is 0 Å². The van der Waals surface area contributed by atoms with E-state index >= 15 is 14.4 Å². The summed E-state index contributed by atoms with van der Waals surface area (Å²) in [5.41, 5.74) is 1.34. The molecule has 0 bridgehead atoms. The minimum Gasteiger partial charge on any atom is -0.444 e. The van der Waals surface area contributed by atoms with Crippen LogP contribution >= 0.6 is 0 Å². The summed E-state index contributed by atoms with van der Waals surface area (Å²) in [6.07, 6.45) is -3.51. The molecule has 1 fully saturated rings. The first-order valence-corrected chi connectivity index (χ1v) is 40.9. The van der Waals surface area contributed by atoms with Crippen molar-refractivity contribution in [1.82, 2.24) is 85.1 Å². The number of nitrogens with one attached hydrogen (secondary N) is 16. The third-order valence-electron chi connectivity index (χ3n) is 17.1. The predicted octanol–water partition coefficient (Wildman–Crippen LogP) is 1.76. The summed E-state index contributed by atoms with van der Waals surface area (Å²) in [5.74, 6) is -11.9. The van der Waals surface area contributed by atoms with Crippen molar-refractivity contribution in [3.63, 3.8) is 0 Å². The van der Waals surface area contributed by atoms with Crippen molar-refractivity contribution in [1.29, 1.82) is 0 Å². The Morgan fingerprint density at radius 2 is 0.754 bits per heavy atom. The van der Waals surface area contributed by atoms with E-state index in [2.05, 4.69) is 85.1 Å². The molecule has 16 amide bonds. The van der Waals surface area contributed by atoms with Crippen LogP contribution in [0.15, 0.2) is 0 Å². The molecule has 0 radical (unpaired) electrons. The molecule has 676 valence electrons. The molecule has 0 aromatic carbocycles. The van der Waals surface area contributed by atoms with Gasteiger partial charge in [0, 0.05) is 39.3 Å². The van der Waals surface area contributed by atoms with Crippen molar-refractivity contribution < 1.29 is 111 Å². The standard InChI is InChI=1S/C78H141N17O23/c1-21-23-25-27-28-30-32-49-60(100)86-45(3)58(98)87-50(34-40-81-69(109)114-74(6,7)8)61(101)92-55(38-44-85-73(113)118-78(18,19)20)66(106)94-56(46(4)96)67(107)80-39-33-51(63(103)91-52(62(102)89-49)35-41-82-70(110)115-75(9,10)11)90-64(104)53(36-42-83-71(111)116-76(12,13)14)93-68(108)57(47(5)97)95-65(105)54(37-43-84-72(112)117-77(15,16)17)88-59(99)48(79)31-29-26-24-22-2/h45-57,96-97H,21-44,79H2,1-20H3,(H,80,107)(H,81,109)(H,82,110)(H,83,111)(H,84,112)(H,85,113)(H,86,100)(H,87,98)(H,88,99)(H,89,102)(H,90,104)(H,91,103)(H,92,101)(H,93,108)(H,94,106)(H,95,105)/t45-,46+,47+,48-,49+,50-,51-,52-,53-,54-,55-,56-,57-/m0/s1. The topological polar surface area (TPSA) is 578 Å². The number of hydrogen-bond donors (Lipinski definition) is 19. The van der Waals surface area contributed by atoms with E-state index in [0.717, 1.165) is 58.8 Å². The summed E-state index contributed by atoms with van der Waals surface area (Å²) in [4.78, 5) is 226. The average molecular weight is 1690 g/mol. The molecule has 1 aliphatic heterocycles. The van der Waals surface area contributed by atoms with Gasteiger partial charge in [0.2, 0.25) is 65.0 Å². The Kier molecular flexibility index (Phi) is 47.2. The van der Waals surface area contributed by atoms with Crippen LogP contribution in [0.25, 0.3) is 0 Å². The van der Waals surface area contributed by atoms with Crippen LogP contribution in [0, 0.1) is 0 Å². The van der Waals surface area contributed by atoms with Crippen LogP contribution in [0.3, 0.4) is 0 Å². The van der Waals surface area contributed by atoms with Crippen molar-refractivity contribution in [2.75, 3.05) is 39.3 Å². The quantitative estimate of drug-likeness (QED) is 0.0311. The maximum Gasteiger partial charge on any atom is 0.407 e.